The van der Waals surface area contributed by atoms with Crippen LogP contribution in [0.5, 0.6) is 0 Å². The van der Waals surface area contributed by atoms with Crippen molar-refractivity contribution in [2.45, 2.75) is 24.4 Å². The molecule has 0 radical (unpaired) electrons. The summed E-state index contributed by atoms with van der Waals surface area (Å²) in [6.07, 6.45) is 0. The van der Waals surface area contributed by atoms with E-state index in [2.05, 4.69) is 5.32 Å². The van der Waals surface area contributed by atoms with Gasteiger partial charge in [-0.1, -0.05) is 65.7 Å². The smallest absolute Gasteiger partial charge is 0.257 e. The number of hydrogen-bond donors (Lipinski definition) is 1. The lowest BCUT2D eigenvalue weighted by Gasteiger charge is -2.30. The van der Waals surface area contributed by atoms with Crippen LogP contribution in [0, 0.1) is 5.82 Å². The van der Waals surface area contributed by atoms with E-state index < -0.39 is 11.4 Å². The van der Waals surface area contributed by atoms with Crippen LogP contribution in [0.3, 0.4) is 0 Å². The molecule has 1 N–H and O–H groups in total. The van der Waals surface area contributed by atoms with Gasteiger partial charge in [0.15, 0.2) is 0 Å². The van der Waals surface area contributed by atoms with Gasteiger partial charge in [0.1, 0.15) is 17.2 Å². The molecule has 1 aliphatic heterocycles. The van der Waals surface area contributed by atoms with Gasteiger partial charge in [-0.15, -0.1) is 11.8 Å². The molecule has 0 spiro atoms. The van der Waals surface area contributed by atoms with E-state index in [0.29, 0.717) is 10.8 Å². The van der Waals surface area contributed by atoms with Crippen LogP contribution in [-0.2, 0) is 4.79 Å². The zero-order valence-corrected chi connectivity index (χ0v) is 20.0. The fourth-order valence-electron chi connectivity index (χ4n) is 3.78. The number of thioether (sulfide) groups is 1. The van der Waals surface area contributed by atoms with Crippen LogP contribution < -0.4 is 5.32 Å². The number of amides is 2. The standard InChI is InChI=1S/C25H21Cl2FN2O2S/c1-15(16-5-3-2-4-6-16)29-23(31)22-14-33-25(17-7-10-19(28)11-8-17)30(22)24(32)20-12-9-18(26)13-21(20)27/h2-13,15,22,25H,14H2,1H3,(H,29,31). The van der Waals surface area contributed by atoms with Gasteiger partial charge in [0.2, 0.25) is 5.91 Å². The van der Waals surface area contributed by atoms with Crippen molar-refractivity contribution in [2.75, 3.05) is 5.75 Å². The van der Waals surface area contributed by atoms with Crippen molar-refractivity contribution in [3.05, 3.63) is 105 Å². The molecule has 8 heteroatoms. The molecule has 0 bridgehead atoms. The lowest BCUT2D eigenvalue weighted by Crippen LogP contribution is -2.48. The van der Waals surface area contributed by atoms with Gasteiger partial charge >= 0.3 is 0 Å². The summed E-state index contributed by atoms with van der Waals surface area (Å²) in [5, 5.41) is 3.17. The molecule has 4 rings (SSSR count). The number of benzene rings is 3. The number of rotatable bonds is 5. The molecule has 170 valence electrons. The lowest BCUT2D eigenvalue weighted by molar-refractivity contribution is -0.125. The highest BCUT2D eigenvalue weighted by atomic mass is 35.5. The first kappa shape index (κ1) is 23.6. The first-order valence-electron chi connectivity index (χ1n) is 10.3. The second-order valence-corrected chi connectivity index (χ2v) is 9.69. The zero-order valence-electron chi connectivity index (χ0n) is 17.7. The molecule has 3 aromatic rings. The molecule has 1 fully saturated rings. The fraction of sp³-hybridized carbons (Fsp3) is 0.200. The molecule has 3 unspecified atom stereocenters. The molecule has 3 atom stereocenters. The van der Waals surface area contributed by atoms with Crippen molar-refractivity contribution in [3.63, 3.8) is 0 Å². The molecule has 2 amide bonds. The van der Waals surface area contributed by atoms with Crippen LogP contribution in [0.2, 0.25) is 10.0 Å². The van der Waals surface area contributed by atoms with Crippen LogP contribution in [-0.4, -0.2) is 28.5 Å². The van der Waals surface area contributed by atoms with Crippen LogP contribution in [0.25, 0.3) is 0 Å². The summed E-state index contributed by atoms with van der Waals surface area (Å²) in [6.45, 7) is 1.90. The molecule has 4 nitrogen and oxygen atoms in total. The van der Waals surface area contributed by atoms with Gasteiger partial charge in [0, 0.05) is 10.8 Å². The zero-order chi connectivity index (χ0) is 23.5. The first-order chi connectivity index (χ1) is 15.8. The predicted octanol–water partition coefficient (Wildman–Crippen LogP) is 6.27. The molecular formula is C25H21Cl2FN2O2S. The number of carbonyl (C=O) groups is 2. The van der Waals surface area contributed by atoms with E-state index in [9.17, 15) is 14.0 Å². The van der Waals surface area contributed by atoms with Crippen LogP contribution in [0.4, 0.5) is 4.39 Å². The summed E-state index contributed by atoms with van der Waals surface area (Å²) < 4.78 is 13.5. The van der Waals surface area contributed by atoms with Crippen LogP contribution in [0.1, 0.15) is 39.8 Å². The summed E-state index contributed by atoms with van der Waals surface area (Å²) in [6, 6.07) is 19.2. The van der Waals surface area contributed by atoms with Gasteiger partial charge in [-0.05, 0) is 48.4 Å². The van der Waals surface area contributed by atoms with Crippen molar-refractivity contribution in [1.82, 2.24) is 10.2 Å². The summed E-state index contributed by atoms with van der Waals surface area (Å²) >= 11 is 13.8. The number of hydrogen-bond acceptors (Lipinski definition) is 3. The summed E-state index contributed by atoms with van der Waals surface area (Å²) in [5.41, 5.74) is 1.95. The minimum atomic E-state index is -0.726. The highest BCUT2D eigenvalue weighted by Crippen LogP contribution is 2.43. The molecule has 33 heavy (non-hydrogen) atoms. The normalized spacial score (nSPS) is 18.7. The highest BCUT2D eigenvalue weighted by molar-refractivity contribution is 7.99. The molecule has 0 aliphatic carbocycles. The summed E-state index contributed by atoms with van der Waals surface area (Å²) in [4.78, 5) is 28.5. The van der Waals surface area contributed by atoms with Gasteiger partial charge in [0.25, 0.3) is 5.91 Å². The van der Waals surface area contributed by atoms with E-state index in [1.165, 1.54) is 34.9 Å². The summed E-state index contributed by atoms with van der Waals surface area (Å²) in [5.74, 6) is -0.622. The lowest BCUT2D eigenvalue weighted by atomic mass is 10.1. The Morgan fingerprint density at radius 3 is 2.42 bits per heavy atom. The Morgan fingerprint density at radius 2 is 1.76 bits per heavy atom. The molecule has 1 aliphatic rings. The van der Waals surface area contributed by atoms with Crippen LogP contribution in [0.15, 0.2) is 72.8 Å². The second kappa shape index (κ2) is 10.2. The third-order valence-electron chi connectivity index (χ3n) is 5.51. The Hall–Kier alpha value is -2.54. The SMILES string of the molecule is CC(NC(=O)C1CSC(c2ccc(F)cc2)N1C(=O)c1ccc(Cl)cc1Cl)c1ccccc1. The van der Waals surface area contributed by atoms with Gasteiger partial charge in [-0.2, -0.15) is 0 Å². The average molecular weight is 503 g/mol. The second-order valence-electron chi connectivity index (χ2n) is 7.73. The Morgan fingerprint density at radius 1 is 1.06 bits per heavy atom. The number of nitrogens with one attached hydrogen (secondary N) is 1. The molecule has 1 saturated heterocycles. The van der Waals surface area contributed by atoms with E-state index in [0.717, 1.165) is 11.1 Å². The number of nitrogens with zero attached hydrogens (tertiary/aromatic N) is 1. The van der Waals surface area contributed by atoms with E-state index >= 15 is 0 Å². The van der Waals surface area contributed by atoms with Gasteiger partial charge in [-0.25, -0.2) is 4.39 Å². The molecule has 0 saturated carbocycles. The Balaban J connectivity index is 1.65. The maximum Gasteiger partial charge on any atom is 0.257 e. The maximum absolute atomic E-state index is 13.6. The Kier molecular flexibility index (Phi) is 7.27. The Bertz CT molecular complexity index is 1160. The average Bonchev–Trinajstić information content (AvgIpc) is 3.25. The van der Waals surface area contributed by atoms with E-state index in [4.69, 9.17) is 23.2 Å². The number of carbonyl (C=O) groups excluding carboxylic acids is 2. The quantitative estimate of drug-likeness (QED) is 0.447. The topological polar surface area (TPSA) is 49.4 Å². The van der Waals surface area contributed by atoms with Gasteiger partial charge in [-0.3, -0.25) is 9.59 Å². The maximum atomic E-state index is 13.6. The summed E-state index contributed by atoms with van der Waals surface area (Å²) in [7, 11) is 0. The monoisotopic (exact) mass is 502 g/mol. The highest BCUT2D eigenvalue weighted by Gasteiger charge is 2.43. The van der Waals surface area contributed by atoms with E-state index in [1.54, 1.807) is 24.3 Å². The minimum Gasteiger partial charge on any atom is -0.348 e. The Labute approximate surface area is 206 Å². The molecule has 0 aromatic heterocycles. The third kappa shape index (κ3) is 5.18. The van der Waals surface area contributed by atoms with Crippen molar-refractivity contribution >= 4 is 46.8 Å². The van der Waals surface area contributed by atoms with E-state index in [1.807, 2.05) is 37.3 Å². The van der Waals surface area contributed by atoms with E-state index in [-0.39, 0.29) is 34.3 Å². The molecular weight excluding hydrogens is 482 g/mol. The van der Waals surface area contributed by atoms with Gasteiger partial charge < -0.3 is 10.2 Å². The van der Waals surface area contributed by atoms with Gasteiger partial charge in [0.05, 0.1) is 16.6 Å². The van der Waals surface area contributed by atoms with Crippen molar-refractivity contribution < 1.29 is 14.0 Å². The van der Waals surface area contributed by atoms with Crippen molar-refractivity contribution in [3.8, 4) is 0 Å². The predicted molar refractivity (Wildman–Crippen MR) is 131 cm³/mol. The molecule has 3 aromatic carbocycles. The van der Waals surface area contributed by atoms with Crippen molar-refractivity contribution in [1.29, 1.82) is 0 Å². The largest absolute Gasteiger partial charge is 0.348 e. The van der Waals surface area contributed by atoms with Crippen LogP contribution >= 0.6 is 35.0 Å². The fourth-order valence-corrected chi connectivity index (χ4v) is 5.70. The third-order valence-corrected chi connectivity index (χ3v) is 7.38. The molecule has 1 heterocycles. The van der Waals surface area contributed by atoms with Crippen molar-refractivity contribution in [2.24, 2.45) is 0 Å². The first-order valence-corrected chi connectivity index (χ1v) is 12.2. The number of halogens is 3. The minimum absolute atomic E-state index is 0.207.